The molecule has 0 atom stereocenters. The second-order valence-electron chi connectivity index (χ2n) is 4.20. The number of carbonyl (C=O) groups is 2. The lowest BCUT2D eigenvalue weighted by atomic mass is 10.1. The van der Waals surface area contributed by atoms with Crippen LogP contribution in [0.15, 0.2) is 18.2 Å². The molecule has 0 spiro atoms. The highest BCUT2D eigenvalue weighted by Gasteiger charge is 2.11. The molecule has 0 aliphatic rings. The van der Waals surface area contributed by atoms with E-state index >= 15 is 0 Å². The molecule has 110 valence electrons. The quantitative estimate of drug-likeness (QED) is 0.567. The van der Waals surface area contributed by atoms with Crippen LogP contribution in [0.25, 0.3) is 0 Å². The zero-order chi connectivity index (χ0) is 15.0. The Hall–Kier alpha value is -2.04. The summed E-state index contributed by atoms with van der Waals surface area (Å²) < 4.78 is 15.5. The fourth-order valence-corrected chi connectivity index (χ4v) is 1.60. The minimum absolute atomic E-state index is 0.167. The summed E-state index contributed by atoms with van der Waals surface area (Å²) in [7, 11) is 0. The molecular weight excluding hydrogens is 260 g/mol. The molecule has 0 heterocycles. The summed E-state index contributed by atoms with van der Waals surface area (Å²) in [5.41, 5.74) is 0.755. The number of hydrogen-bond donors (Lipinski definition) is 0. The van der Waals surface area contributed by atoms with Gasteiger partial charge in [0, 0.05) is 6.92 Å². The van der Waals surface area contributed by atoms with Crippen LogP contribution in [0, 0.1) is 0 Å². The van der Waals surface area contributed by atoms with Crippen LogP contribution in [0.4, 0.5) is 0 Å². The molecule has 0 amide bonds. The molecule has 0 bridgehead atoms. The molecule has 0 aliphatic carbocycles. The summed E-state index contributed by atoms with van der Waals surface area (Å²) in [5, 5.41) is 0. The standard InChI is InChI=1S/C15H20O5/c1-4-8-19-15(17)10-12-6-7-13(20-11(3)16)14(9-12)18-5-2/h6-7,9H,4-5,8,10H2,1-3H3. The van der Waals surface area contributed by atoms with E-state index in [1.54, 1.807) is 18.2 Å². The average molecular weight is 280 g/mol. The van der Waals surface area contributed by atoms with Gasteiger partial charge in [0.2, 0.25) is 0 Å². The van der Waals surface area contributed by atoms with E-state index in [0.29, 0.717) is 24.7 Å². The van der Waals surface area contributed by atoms with Crippen molar-refractivity contribution in [3.8, 4) is 11.5 Å². The maximum atomic E-state index is 11.6. The van der Waals surface area contributed by atoms with Gasteiger partial charge in [0.25, 0.3) is 0 Å². The van der Waals surface area contributed by atoms with Crippen LogP contribution in [-0.4, -0.2) is 25.2 Å². The van der Waals surface area contributed by atoms with Gasteiger partial charge >= 0.3 is 11.9 Å². The van der Waals surface area contributed by atoms with Crippen molar-refractivity contribution in [2.75, 3.05) is 13.2 Å². The van der Waals surface area contributed by atoms with Gasteiger partial charge in [0.15, 0.2) is 11.5 Å². The first-order valence-corrected chi connectivity index (χ1v) is 6.66. The molecule has 1 aromatic rings. The zero-order valence-corrected chi connectivity index (χ0v) is 12.1. The Bertz CT molecular complexity index is 467. The molecule has 1 aromatic carbocycles. The van der Waals surface area contributed by atoms with Gasteiger partial charge in [-0.2, -0.15) is 0 Å². The smallest absolute Gasteiger partial charge is 0.310 e. The molecule has 0 fully saturated rings. The fraction of sp³-hybridized carbons (Fsp3) is 0.467. The second-order valence-corrected chi connectivity index (χ2v) is 4.20. The molecule has 0 radical (unpaired) electrons. The van der Waals surface area contributed by atoms with Crippen molar-refractivity contribution in [3.63, 3.8) is 0 Å². The third-order valence-electron chi connectivity index (χ3n) is 2.38. The van der Waals surface area contributed by atoms with Crippen LogP contribution in [0.5, 0.6) is 11.5 Å². The average Bonchev–Trinajstić information content (AvgIpc) is 2.39. The van der Waals surface area contributed by atoms with Crippen LogP contribution >= 0.6 is 0 Å². The fourth-order valence-electron chi connectivity index (χ4n) is 1.60. The van der Waals surface area contributed by atoms with Gasteiger partial charge < -0.3 is 14.2 Å². The lowest BCUT2D eigenvalue weighted by Gasteiger charge is -2.11. The van der Waals surface area contributed by atoms with Crippen molar-refractivity contribution < 1.29 is 23.8 Å². The van der Waals surface area contributed by atoms with Crippen molar-refractivity contribution in [2.24, 2.45) is 0 Å². The third kappa shape index (κ3) is 5.30. The molecule has 0 aliphatic heterocycles. The number of carbonyl (C=O) groups excluding carboxylic acids is 2. The second kappa shape index (κ2) is 8.19. The Morgan fingerprint density at radius 1 is 1.15 bits per heavy atom. The molecule has 0 saturated carbocycles. The van der Waals surface area contributed by atoms with Gasteiger partial charge in [-0.1, -0.05) is 13.0 Å². The van der Waals surface area contributed by atoms with Crippen LogP contribution < -0.4 is 9.47 Å². The molecule has 1 rings (SSSR count). The van der Waals surface area contributed by atoms with Gasteiger partial charge in [-0.05, 0) is 31.0 Å². The van der Waals surface area contributed by atoms with E-state index in [9.17, 15) is 9.59 Å². The van der Waals surface area contributed by atoms with Crippen LogP contribution in [0.2, 0.25) is 0 Å². The highest BCUT2D eigenvalue weighted by Crippen LogP contribution is 2.29. The number of rotatable bonds is 7. The normalized spacial score (nSPS) is 9.95. The van der Waals surface area contributed by atoms with E-state index < -0.39 is 5.97 Å². The van der Waals surface area contributed by atoms with Gasteiger partial charge in [0.1, 0.15) is 0 Å². The molecule has 0 unspecified atom stereocenters. The summed E-state index contributed by atoms with van der Waals surface area (Å²) in [6.07, 6.45) is 0.960. The van der Waals surface area contributed by atoms with E-state index in [0.717, 1.165) is 12.0 Å². The monoisotopic (exact) mass is 280 g/mol. The maximum Gasteiger partial charge on any atom is 0.310 e. The van der Waals surface area contributed by atoms with Gasteiger partial charge in [-0.25, -0.2) is 0 Å². The highest BCUT2D eigenvalue weighted by atomic mass is 16.6. The topological polar surface area (TPSA) is 61.8 Å². The number of esters is 2. The Labute approximate surface area is 118 Å². The van der Waals surface area contributed by atoms with Crippen LogP contribution in [-0.2, 0) is 20.7 Å². The van der Waals surface area contributed by atoms with Crippen molar-refractivity contribution >= 4 is 11.9 Å². The van der Waals surface area contributed by atoms with E-state index in [-0.39, 0.29) is 12.4 Å². The number of ether oxygens (including phenoxy) is 3. The summed E-state index contributed by atoms with van der Waals surface area (Å²) in [6.45, 7) is 5.96. The summed E-state index contributed by atoms with van der Waals surface area (Å²) in [5.74, 6) is 0.101. The van der Waals surface area contributed by atoms with Crippen molar-refractivity contribution in [1.82, 2.24) is 0 Å². The first-order chi connectivity index (χ1) is 9.56. The predicted octanol–water partition coefficient (Wildman–Crippen LogP) is 2.51. The SMILES string of the molecule is CCCOC(=O)Cc1ccc(OC(C)=O)c(OCC)c1. The lowest BCUT2D eigenvalue weighted by Crippen LogP contribution is -2.09. The number of benzene rings is 1. The minimum atomic E-state index is -0.416. The van der Waals surface area contributed by atoms with Gasteiger partial charge in [-0.3, -0.25) is 9.59 Å². The first kappa shape index (κ1) is 16.0. The van der Waals surface area contributed by atoms with Crippen molar-refractivity contribution in [1.29, 1.82) is 0 Å². The molecule has 5 heteroatoms. The molecule has 0 aromatic heterocycles. The Morgan fingerprint density at radius 3 is 2.50 bits per heavy atom. The van der Waals surface area contributed by atoms with Gasteiger partial charge in [-0.15, -0.1) is 0 Å². The van der Waals surface area contributed by atoms with Crippen LogP contribution in [0.1, 0.15) is 32.8 Å². The van der Waals surface area contributed by atoms with E-state index in [4.69, 9.17) is 14.2 Å². The molecule has 20 heavy (non-hydrogen) atoms. The Kier molecular flexibility index (Phi) is 6.56. The van der Waals surface area contributed by atoms with Crippen molar-refractivity contribution in [3.05, 3.63) is 23.8 Å². The number of hydrogen-bond acceptors (Lipinski definition) is 5. The zero-order valence-electron chi connectivity index (χ0n) is 12.1. The molecule has 0 N–H and O–H groups in total. The highest BCUT2D eigenvalue weighted by molar-refractivity contribution is 5.73. The van der Waals surface area contributed by atoms with Gasteiger partial charge in [0.05, 0.1) is 19.6 Å². The molecule has 0 saturated heterocycles. The Morgan fingerprint density at radius 2 is 1.90 bits per heavy atom. The van der Waals surface area contributed by atoms with E-state index in [2.05, 4.69) is 0 Å². The lowest BCUT2D eigenvalue weighted by molar-refractivity contribution is -0.142. The largest absolute Gasteiger partial charge is 0.490 e. The molecular formula is C15H20O5. The summed E-state index contributed by atoms with van der Waals surface area (Å²) in [6, 6.07) is 5.03. The minimum Gasteiger partial charge on any atom is -0.490 e. The third-order valence-corrected chi connectivity index (χ3v) is 2.38. The van der Waals surface area contributed by atoms with E-state index in [1.165, 1.54) is 6.92 Å². The molecule has 5 nitrogen and oxygen atoms in total. The van der Waals surface area contributed by atoms with E-state index in [1.807, 2.05) is 13.8 Å². The summed E-state index contributed by atoms with van der Waals surface area (Å²) >= 11 is 0. The summed E-state index contributed by atoms with van der Waals surface area (Å²) in [4.78, 5) is 22.6. The van der Waals surface area contributed by atoms with Crippen molar-refractivity contribution in [2.45, 2.75) is 33.6 Å². The Balaban J connectivity index is 2.81. The maximum absolute atomic E-state index is 11.6. The van der Waals surface area contributed by atoms with Crippen LogP contribution in [0.3, 0.4) is 0 Å². The first-order valence-electron chi connectivity index (χ1n) is 6.66. The predicted molar refractivity (Wildman–Crippen MR) is 73.9 cm³/mol.